The van der Waals surface area contributed by atoms with E-state index in [4.69, 9.17) is 4.74 Å². The minimum atomic E-state index is -0.670. The summed E-state index contributed by atoms with van der Waals surface area (Å²) in [4.78, 5) is 11.2. The van der Waals surface area contributed by atoms with Gasteiger partial charge in [0.25, 0.3) is 0 Å². The molecule has 1 N–H and O–H groups in total. The first-order chi connectivity index (χ1) is 9.15. The summed E-state index contributed by atoms with van der Waals surface area (Å²) in [6.07, 6.45) is 4.58. The summed E-state index contributed by atoms with van der Waals surface area (Å²) in [5.41, 5.74) is 2.43. The third-order valence-electron chi connectivity index (χ3n) is 3.91. The highest BCUT2D eigenvalue weighted by molar-refractivity contribution is 5.74. The standard InChI is InChI=1S/C16H20O3/c1-3-11-10-13(6-9-15(11)16(17)18)12-4-7-14(19-2)8-5-12/h4-5,7-8,10-11,15H,3,6,9H2,1-2H3,(H,17,18)/t11-,15-/m1/s1. The van der Waals surface area contributed by atoms with Gasteiger partial charge in [-0.05, 0) is 48.4 Å². The predicted molar refractivity (Wildman–Crippen MR) is 75.1 cm³/mol. The molecule has 3 nitrogen and oxygen atoms in total. The molecule has 2 rings (SSSR count). The normalized spacial score (nSPS) is 22.7. The number of rotatable bonds is 4. The van der Waals surface area contributed by atoms with E-state index >= 15 is 0 Å². The fraction of sp³-hybridized carbons (Fsp3) is 0.438. The zero-order valence-corrected chi connectivity index (χ0v) is 11.4. The van der Waals surface area contributed by atoms with Gasteiger partial charge in [0.1, 0.15) is 5.75 Å². The van der Waals surface area contributed by atoms with Crippen molar-refractivity contribution in [3.8, 4) is 5.75 Å². The van der Waals surface area contributed by atoms with Crippen molar-refractivity contribution in [2.24, 2.45) is 11.8 Å². The molecule has 0 radical (unpaired) electrons. The van der Waals surface area contributed by atoms with Crippen LogP contribution in [0.15, 0.2) is 30.3 Å². The van der Waals surface area contributed by atoms with Crippen molar-refractivity contribution < 1.29 is 14.6 Å². The van der Waals surface area contributed by atoms with Gasteiger partial charge >= 0.3 is 5.97 Å². The summed E-state index contributed by atoms with van der Waals surface area (Å²) in [6.45, 7) is 2.05. The molecule has 0 heterocycles. The van der Waals surface area contributed by atoms with Crippen LogP contribution < -0.4 is 4.74 Å². The summed E-state index contributed by atoms with van der Waals surface area (Å²) in [5.74, 6) is 0.0860. The Balaban J connectivity index is 2.22. The van der Waals surface area contributed by atoms with E-state index in [1.54, 1.807) is 7.11 Å². The Morgan fingerprint density at radius 3 is 2.58 bits per heavy atom. The molecule has 0 saturated heterocycles. The molecular weight excluding hydrogens is 240 g/mol. The Labute approximate surface area is 113 Å². The molecule has 1 aromatic rings. The second-order valence-electron chi connectivity index (χ2n) is 4.98. The number of hydrogen-bond donors (Lipinski definition) is 1. The number of hydrogen-bond acceptors (Lipinski definition) is 2. The SMILES string of the molecule is CC[C@@H]1C=C(c2ccc(OC)cc2)CC[C@H]1C(=O)O. The highest BCUT2D eigenvalue weighted by atomic mass is 16.5. The van der Waals surface area contributed by atoms with Crippen LogP contribution in [0.1, 0.15) is 31.7 Å². The average Bonchev–Trinajstić information content (AvgIpc) is 2.46. The van der Waals surface area contributed by atoms with Crippen LogP contribution in [0.5, 0.6) is 5.75 Å². The van der Waals surface area contributed by atoms with E-state index in [0.717, 1.165) is 25.0 Å². The molecule has 0 fully saturated rings. The third-order valence-corrected chi connectivity index (χ3v) is 3.91. The van der Waals surface area contributed by atoms with Gasteiger partial charge in [0.05, 0.1) is 13.0 Å². The number of carboxylic acid groups (broad SMARTS) is 1. The summed E-state index contributed by atoms with van der Waals surface area (Å²) in [5, 5.41) is 9.22. The van der Waals surface area contributed by atoms with Gasteiger partial charge in [-0.15, -0.1) is 0 Å². The lowest BCUT2D eigenvalue weighted by atomic mass is 9.78. The van der Waals surface area contributed by atoms with Crippen molar-refractivity contribution in [1.29, 1.82) is 0 Å². The maximum absolute atomic E-state index is 11.2. The number of carbonyl (C=O) groups is 1. The third kappa shape index (κ3) is 2.98. The van der Waals surface area contributed by atoms with Crippen LogP contribution in [0, 0.1) is 11.8 Å². The Kier molecular flexibility index (Phi) is 4.25. The monoisotopic (exact) mass is 260 g/mol. The molecule has 1 aliphatic rings. The second-order valence-corrected chi connectivity index (χ2v) is 4.98. The van der Waals surface area contributed by atoms with E-state index in [9.17, 15) is 9.90 Å². The maximum atomic E-state index is 11.2. The van der Waals surface area contributed by atoms with E-state index in [1.807, 2.05) is 31.2 Å². The zero-order valence-electron chi connectivity index (χ0n) is 11.4. The molecule has 1 aromatic carbocycles. The van der Waals surface area contributed by atoms with E-state index < -0.39 is 5.97 Å². The van der Waals surface area contributed by atoms with E-state index in [0.29, 0.717) is 0 Å². The van der Waals surface area contributed by atoms with E-state index in [1.165, 1.54) is 11.1 Å². The van der Waals surface area contributed by atoms with Crippen molar-refractivity contribution in [3.63, 3.8) is 0 Å². The molecule has 0 amide bonds. The fourth-order valence-electron chi connectivity index (χ4n) is 2.74. The van der Waals surface area contributed by atoms with Gasteiger partial charge in [-0.1, -0.05) is 25.1 Å². The molecule has 2 atom stereocenters. The van der Waals surface area contributed by atoms with Crippen LogP contribution in [-0.4, -0.2) is 18.2 Å². The van der Waals surface area contributed by atoms with Crippen molar-refractivity contribution in [3.05, 3.63) is 35.9 Å². The summed E-state index contributed by atoms with van der Waals surface area (Å²) in [7, 11) is 1.65. The second kappa shape index (κ2) is 5.91. The van der Waals surface area contributed by atoms with E-state index in [2.05, 4.69) is 6.08 Å². The lowest BCUT2D eigenvalue weighted by Crippen LogP contribution is -2.25. The molecule has 0 aliphatic heterocycles. The number of aliphatic carboxylic acids is 1. The highest BCUT2D eigenvalue weighted by Gasteiger charge is 2.29. The topological polar surface area (TPSA) is 46.5 Å². The van der Waals surface area contributed by atoms with Crippen molar-refractivity contribution in [1.82, 2.24) is 0 Å². The molecule has 0 aromatic heterocycles. The number of ether oxygens (including phenoxy) is 1. The minimum absolute atomic E-state index is 0.142. The van der Waals surface area contributed by atoms with Gasteiger partial charge in [-0.2, -0.15) is 0 Å². The fourth-order valence-corrected chi connectivity index (χ4v) is 2.74. The number of allylic oxidation sites excluding steroid dienone is 2. The van der Waals surface area contributed by atoms with Gasteiger partial charge in [0.2, 0.25) is 0 Å². The van der Waals surface area contributed by atoms with Crippen molar-refractivity contribution >= 4 is 11.5 Å². The largest absolute Gasteiger partial charge is 0.497 e. The van der Waals surface area contributed by atoms with Crippen LogP contribution in [0.4, 0.5) is 0 Å². The van der Waals surface area contributed by atoms with Crippen molar-refractivity contribution in [2.45, 2.75) is 26.2 Å². The number of carboxylic acids is 1. The average molecular weight is 260 g/mol. The van der Waals surface area contributed by atoms with Crippen LogP contribution in [0.2, 0.25) is 0 Å². The molecular formula is C16H20O3. The van der Waals surface area contributed by atoms with Gasteiger partial charge in [-0.25, -0.2) is 0 Å². The summed E-state index contributed by atoms with van der Waals surface area (Å²) < 4.78 is 5.15. The van der Waals surface area contributed by atoms with Crippen LogP contribution in [-0.2, 0) is 4.79 Å². The Hall–Kier alpha value is -1.77. The molecule has 0 bridgehead atoms. The smallest absolute Gasteiger partial charge is 0.307 e. The molecule has 0 unspecified atom stereocenters. The molecule has 102 valence electrons. The highest BCUT2D eigenvalue weighted by Crippen LogP contribution is 2.36. The quantitative estimate of drug-likeness (QED) is 0.899. The van der Waals surface area contributed by atoms with Crippen LogP contribution >= 0.6 is 0 Å². The molecule has 0 spiro atoms. The molecule has 1 aliphatic carbocycles. The Morgan fingerprint density at radius 1 is 1.37 bits per heavy atom. The van der Waals surface area contributed by atoms with Crippen LogP contribution in [0.3, 0.4) is 0 Å². The molecule has 0 saturated carbocycles. The molecule has 19 heavy (non-hydrogen) atoms. The van der Waals surface area contributed by atoms with Crippen LogP contribution in [0.25, 0.3) is 5.57 Å². The number of benzene rings is 1. The Bertz CT molecular complexity index is 473. The predicted octanol–water partition coefficient (Wildman–Crippen LogP) is 3.60. The maximum Gasteiger partial charge on any atom is 0.307 e. The minimum Gasteiger partial charge on any atom is -0.497 e. The lowest BCUT2D eigenvalue weighted by molar-refractivity contribution is -0.143. The van der Waals surface area contributed by atoms with Gasteiger partial charge in [0.15, 0.2) is 0 Å². The number of methoxy groups -OCH3 is 1. The summed E-state index contributed by atoms with van der Waals surface area (Å²) >= 11 is 0. The lowest BCUT2D eigenvalue weighted by Gasteiger charge is -2.26. The van der Waals surface area contributed by atoms with Gasteiger partial charge in [-0.3, -0.25) is 4.79 Å². The summed E-state index contributed by atoms with van der Waals surface area (Å²) in [6, 6.07) is 7.97. The zero-order chi connectivity index (χ0) is 13.8. The van der Waals surface area contributed by atoms with E-state index in [-0.39, 0.29) is 11.8 Å². The van der Waals surface area contributed by atoms with Gasteiger partial charge < -0.3 is 9.84 Å². The first-order valence-electron chi connectivity index (χ1n) is 6.73. The first kappa shape index (κ1) is 13.7. The van der Waals surface area contributed by atoms with Crippen molar-refractivity contribution in [2.75, 3.05) is 7.11 Å². The first-order valence-corrected chi connectivity index (χ1v) is 6.73. The Morgan fingerprint density at radius 2 is 2.05 bits per heavy atom. The molecule has 3 heteroatoms. The van der Waals surface area contributed by atoms with Gasteiger partial charge in [0, 0.05) is 0 Å².